The summed E-state index contributed by atoms with van der Waals surface area (Å²) >= 11 is 0. The van der Waals surface area contributed by atoms with Crippen molar-refractivity contribution in [2.75, 3.05) is 28.4 Å². The van der Waals surface area contributed by atoms with Gasteiger partial charge in [-0.25, -0.2) is 18.7 Å². The average molecular weight is 619 g/mol. The van der Waals surface area contributed by atoms with Crippen LogP contribution in [0.4, 0.5) is 8.78 Å². The van der Waals surface area contributed by atoms with Gasteiger partial charge in [0.1, 0.15) is 22.7 Å². The molecule has 0 N–H and O–H groups in total. The second-order valence-electron chi connectivity index (χ2n) is 10.6. The predicted octanol–water partition coefficient (Wildman–Crippen LogP) is 9.08. The zero-order valence-electron chi connectivity index (χ0n) is 25.0. The van der Waals surface area contributed by atoms with Crippen LogP contribution in [0.5, 0.6) is 23.0 Å². The van der Waals surface area contributed by atoms with E-state index in [-0.39, 0.29) is 22.9 Å². The fraction of sp³-hybridized carbons (Fsp3) is 0.111. The molecule has 0 fully saturated rings. The Labute approximate surface area is 259 Å². The van der Waals surface area contributed by atoms with Gasteiger partial charge < -0.3 is 27.8 Å². The van der Waals surface area contributed by atoms with Crippen molar-refractivity contribution in [2.45, 2.75) is 0 Å². The van der Waals surface area contributed by atoms with Crippen molar-refractivity contribution in [1.29, 1.82) is 0 Å². The van der Waals surface area contributed by atoms with E-state index in [0.29, 0.717) is 56.0 Å². The van der Waals surface area contributed by atoms with E-state index in [9.17, 15) is 8.78 Å². The number of rotatable bonds is 6. The Morgan fingerprint density at radius 2 is 0.848 bits per heavy atom. The van der Waals surface area contributed by atoms with Gasteiger partial charge in [0.25, 0.3) is 0 Å². The Balaban J connectivity index is 1.60. The maximum absolute atomic E-state index is 14.9. The molecule has 6 aromatic carbocycles. The van der Waals surface area contributed by atoms with Crippen LogP contribution in [0.3, 0.4) is 0 Å². The van der Waals surface area contributed by atoms with Gasteiger partial charge in [0.15, 0.2) is 34.2 Å². The summed E-state index contributed by atoms with van der Waals surface area (Å²) in [5.41, 5.74) is 2.03. The number of hydrogen-bond acceptors (Lipinski definition) is 8. The lowest BCUT2D eigenvalue weighted by Crippen LogP contribution is -1.94. The second kappa shape index (κ2) is 10.3. The molecule has 0 spiro atoms. The Hall–Kier alpha value is -5.90. The molecule has 2 heterocycles. The Bertz CT molecular complexity index is 2330. The quantitative estimate of drug-likeness (QED) is 0.171. The van der Waals surface area contributed by atoms with Crippen LogP contribution in [0, 0.1) is 11.6 Å². The third-order valence-corrected chi connectivity index (χ3v) is 8.27. The first-order valence-corrected chi connectivity index (χ1v) is 14.3. The van der Waals surface area contributed by atoms with Crippen LogP contribution < -0.4 is 18.9 Å². The molecule has 2 aromatic heterocycles. The van der Waals surface area contributed by atoms with Crippen LogP contribution >= 0.6 is 0 Å². The lowest BCUT2D eigenvalue weighted by atomic mass is 9.92. The van der Waals surface area contributed by atoms with Crippen LogP contribution in [0.25, 0.3) is 77.4 Å². The molecule has 0 aliphatic heterocycles. The first-order chi connectivity index (χ1) is 22.4. The third-order valence-electron chi connectivity index (χ3n) is 8.27. The van der Waals surface area contributed by atoms with Crippen molar-refractivity contribution in [3.63, 3.8) is 0 Å². The molecule has 10 heteroatoms. The summed E-state index contributed by atoms with van der Waals surface area (Å²) in [6.07, 6.45) is 0. The van der Waals surface area contributed by atoms with Crippen LogP contribution in [0.15, 0.2) is 81.6 Å². The van der Waals surface area contributed by atoms with Crippen molar-refractivity contribution in [1.82, 2.24) is 9.97 Å². The average Bonchev–Trinajstić information content (AvgIpc) is 3.73. The molecule has 0 saturated carbocycles. The van der Waals surface area contributed by atoms with Gasteiger partial charge in [-0.05, 0) is 70.1 Å². The van der Waals surface area contributed by atoms with E-state index in [1.165, 1.54) is 26.4 Å². The normalized spacial score (nSPS) is 11.7. The molecule has 8 nitrogen and oxygen atoms in total. The fourth-order valence-electron chi connectivity index (χ4n) is 6.17. The topological polar surface area (TPSA) is 89.0 Å². The molecule has 8 aromatic rings. The molecule has 0 aliphatic carbocycles. The third kappa shape index (κ3) is 3.89. The van der Waals surface area contributed by atoms with E-state index in [4.69, 9.17) is 37.7 Å². The highest BCUT2D eigenvalue weighted by atomic mass is 19.1. The van der Waals surface area contributed by atoms with Gasteiger partial charge in [0, 0.05) is 10.8 Å². The molecule has 0 unspecified atom stereocenters. The molecule has 0 aliphatic rings. The van der Waals surface area contributed by atoms with Crippen molar-refractivity contribution in [3.8, 4) is 45.9 Å². The highest BCUT2D eigenvalue weighted by Crippen LogP contribution is 2.49. The number of fused-ring (bicyclic) bond motifs is 10. The Morgan fingerprint density at radius 3 is 1.20 bits per heavy atom. The van der Waals surface area contributed by atoms with Gasteiger partial charge in [0.05, 0.1) is 39.6 Å². The first-order valence-electron chi connectivity index (χ1n) is 14.3. The summed E-state index contributed by atoms with van der Waals surface area (Å²) < 4.78 is 65.2. The molecular formula is C36H24F2N2O6. The molecule has 228 valence electrons. The highest BCUT2D eigenvalue weighted by Gasteiger charge is 2.26. The number of ether oxygens (including phenoxy) is 4. The molecular weight excluding hydrogens is 594 g/mol. The van der Waals surface area contributed by atoms with Crippen molar-refractivity contribution >= 4 is 54.5 Å². The summed E-state index contributed by atoms with van der Waals surface area (Å²) in [7, 11) is 6.17. The minimum atomic E-state index is -0.470. The number of methoxy groups -OCH3 is 4. The highest BCUT2D eigenvalue weighted by molar-refractivity contribution is 6.35. The summed E-state index contributed by atoms with van der Waals surface area (Å²) in [6, 6.07) is 20.0. The smallest absolute Gasteiger partial charge is 0.230 e. The molecule has 0 radical (unpaired) electrons. The van der Waals surface area contributed by atoms with Crippen molar-refractivity contribution in [2.24, 2.45) is 0 Å². The number of benzene rings is 6. The van der Waals surface area contributed by atoms with Crippen LogP contribution in [-0.4, -0.2) is 38.4 Å². The molecule has 0 saturated heterocycles. The second-order valence-corrected chi connectivity index (χ2v) is 10.6. The zero-order valence-corrected chi connectivity index (χ0v) is 25.0. The van der Waals surface area contributed by atoms with Gasteiger partial charge in [-0.15, -0.1) is 0 Å². The van der Waals surface area contributed by atoms with E-state index in [2.05, 4.69) is 0 Å². The number of oxazole rings is 2. The summed E-state index contributed by atoms with van der Waals surface area (Å²) in [6.45, 7) is 0. The monoisotopic (exact) mass is 618 g/mol. The van der Waals surface area contributed by atoms with Crippen molar-refractivity contribution in [3.05, 3.63) is 84.4 Å². The number of aromatic nitrogens is 2. The maximum Gasteiger partial charge on any atom is 0.230 e. The summed E-state index contributed by atoms with van der Waals surface area (Å²) in [5.74, 6) is 1.02. The number of halogens is 2. The van der Waals surface area contributed by atoms with E-state index in [0.717, 1.165) is 21.5 Å². The van der Waals surface area contributed by atoms with Gasteiger partial charge >= 0.3 is 0 Å². The van der Waals surface area contributed by atoms with E-state index >= 15 is 0 Å². The fourth-order valence-corrected chi connectivity index (χ4v) is 6.17. The summed E-state index contributed by atoms with van der Waals surface area (Å²) in [5, 5.41) is 4.30. The van der Waals surface area contributed by atoms with Crippen molar-refractivity contribution < 1.29 is 36.6 Å². The minimum absolute atomic E-state index is 0.103. The summed E-state index contributed by atoms with van der Waals surface area (Å²) in [4.78, 5) is 9.66. The molecule has 46 heavy (non-hydrogen) atoms. The van der Waals surface area contributed by atoms with E-state index < -0.39 is 11.6 Å². The van der Waals surface area contributed by atoms with Crippen LogP contribution in [-0.2, 0) is 0 Å². The van der Waals surface area contributed by atoms with E-state index in [1.807, 2.05) is 24.3 Å². The number of nitrogens with zero attached hydrogens (tertiary/aromatic N) is 2. The van der Waals surface area contributed by atoms with Gasteiger partial charge in [-0.2, -0.15) is 0 Å². The SMILES string of the molecule is COc1cc2c(cc1OC)c1c(cc(OC)c3oc(-c4ccccc4F)nc31)c1cc(OC)c3oc(-c4ccccc4F)nc3c21. The van der Waals surface area contributed by atoms with E-state index in [1.54, 1.807) is 50.6 Å². The Kier molecular flexibility index (Phi) is 6.21. The molecule has 8 rings (SSSR count). The predicted molar refractivity (Wildman–Crippen MR) is 171 cm³/mol. The number of hydrogen-bond donors (Lipinski definition) is 0. The zero-order chi connectivity index (χ0) is 31.7. The first kappa shape index (κ1) is 27.6. The standard InChI is InChI=1S/C36H24F2N2O6/c1-41-25-13-19-20(14-26(25)42-2)30-22(16-28(44-4)34-32(30)40-36(46-34)18-10-6-8-12-24(18)38)21-15-27(43-3)33-31(29(19)21)39-35(45-33)17-9-5-7-11-23(17)37/h5-16H,1-4H3. The Morgan fingerprint density at radius 1 is 0.500 bits per heavy atom. The van der Waals surface area contributed by atoms with Gasteiger partial charge in [-0.1, -0.05) is 24.3 Å². The van der Waals surface area contributed by atoms with Gasteiger partial charge in [-0.3, -0.25) is 0 Å². The molecule has 0 bridgehead atoms. The largest absolute Gasteiger partial charge is 0.493 e. The van der Waals surface area contributed by atoms with Crippen LogP contribution in [0.2, 0.25) is 0 Å². The van der Waals surface area contributed by atoms with Gasteiger partial charge in [0.2, 0.25) is 11.8 Å². The molecule has 0 amide bonds. The maximum atomic E-state index is 14.9. The molecule has 0 atom stereocenters. The lowest BCUT2D eigenvalue weighted by Gasteiger charge is -2.16. The minimum Gasteiger partial charge on any atom is -0.493 e. The van der Waals surface area contributed by atoms with Crippen LogP contribution in [0.1, 0.15) is 0 Å². The lowest BCUT2D eigenvalue weighted by molar-refractivity contribution is 0.356.